The molecule has 0 heterocycles. The molecular formula is C25H28N2O5. The number of hydrogen-bond acceptors (Lipinski definition) is 4. The Labute approximate surface area is 187 Å². The number of alkyl carbamates (subject to hydrolysis) is 1. The van der Waals surface area contributed by atoms with Crippen molar-refractivity contribution in [1.29, 1.82) is 0 Å². The van der Waals surface area contributed by atoms with Gasteiger partial charge < -0.3 is 20.1 Å². The molecule has 2 aromatic rings. The number of carbonyl (C=O) groups is 3. The van der Waals surface area contributed by atoms with E-state index in [1.165, 1.54) is 0 Å². The van der Waals surface area contributed by atoms with Crippen molar-refractivity contribution in [3.63, 3.8) is 0 Å². The Bertz CT molecular complexity index is 971. The van der Waals surface area contributed by atoms with Gasteiger partial charge in [0.1, 0.15) is 12.6 Å². The summed E-state index contributed by atoms with van der Waals surface area (Å²) >= 11 is 0. The predicted octanol–water partition coefficient (Wildman–Crippen LogP) is 3.63. The molecule has 168 valence electrons. The second kappa shape index (κ2) is 9.42. The van der Waals surface area contributed by atoms with Gasteiger partial charge in [0.05, 0.1) is 0 Å². The first kappa shape index (κ1) is 21.9. The molecule has 2 aliphatic rings. The highest BCUT2D eigenvalue weighted by molar-refractivity contribution is 5.86. The van der Waals surface area contributed by atoms with Crippen LogP contribution in [-0.2, 0) is 14.3 Å². The van der Waals surface area contributed by atoms with Crippen LogP contribution in [-0.4, -0.2) is 54.2 Å². The summed E-state index contributed by atoms with van der Waals surface area (Å²) in [5.41, 5.74) is 4.47. The number of benzene rings is 2. The van der Waals surface area contributed by atoms with E-state index in [2.05, 4.69) is 17.4 Å². The lowest BCUT2D eigenvalue weighted by molar-refractivity contribution is -0.137. The molecule has 7 nitrogen and oxygen atoms in total. The molecule has 0 aliphatic heterocycles. The zero-order chi connectivity index (χ0) is 22.7. The van der Waals surface area contributed by atoms with E-state index in [4.69, 9.17) is 9.84 Å². The Morgan fingerprint density at radius 2 is 1.66 bits per heavy atom. The fraction of sp³-hybridized carbons (Fsp3) is 0.400. The van der Waals surface area contributed by atoms with Crippen LogP contribution in [0.3, 0.4) is 0 Å². The molecular weight excluding hydrogens is 408 g/mol. The van der Waals surface area contributed by atoms with Gasteiger partial charge in [-0.3, -0.25) is 9.59 Å². The lowest BCUT2D eigenvalue weighted by atomic mass is 9.98. The SMILES string of the molecule is CN(CC1CC1)C(=O)C(CCC(=O)O)NC(=O)OCC1c2ccccc2-c2ccccc21. The maximum Gasteiger partial charge on any atom is 0.407 e. The maximum atomic E-state index is 12.8. The van der Waals surface area contributed by atoms with Gasteiger partial charge in [-0.25, -0.2) is 4.79 Å². The summed E-state index contributed by atoms with van der Waals surface area (Å²) in [6.07, 6.45) is 1.29. The third-order valence-corrected chi connectivity index (χ3v) is 6.19. The largest absolute Gasteiger partial charge is 0.481 e. The normalized spacial score (nSPS) is 15.4. The summed E-state index contributed by atoms with van der Waals surface area (Å²) in [5, 5.41) is 11.6. The molecule has 1 atom stereocenters. The third kappa shape index (κ3) is 4.93. The van der Waals surface area contributed by atoms with Gasteiger partial charge in [-0.2, -0.15) is 0 Å². The molecule has 0 spiro atoms. The minimum absolute atomic E-state index is 0.0212. The van der Waals surface area contributed by atoms with Gasteiger partial charge in [-0.05, 0) is 47.4 Å². The summed E-state index contributed by atoms with van der Waals surface area (Å²) in [4.78, 5) is 38.0. The second-order valence-electron chi connectivity index (χ2n) is 8.62. The van der Waals surface area contributed by atoms with Gasteiger partial charge in [0.25, 0.3) is 0 Å². The van der Waals surface area contributed by atoms with E-state index < -0.39 is 18.1 Å². The van der Waals surface area contributed by atoms with E-state index in [0.717, 1.165) is 35.1 Å². The smallest absolute Gasteiger partial charge is 0.407 e. The van der Waals surface area contributed by atoms with Crippen molar-refractivity contribution >= 4 is 18.0 Å². The number of carboxylic acids is 1. The highest BCUT2D eigenvalue weighted by atomic mass is 16.5. The van der Waals surface area contributed by atoms with Crippen molar-refractivity contribution in [3.8, 4) is 11.1 Å². The number of rotatable bonds is 9. The molecule has 1 fully saturated rings. The summed E-state index contributed by atoms with van der Waals surface area (Å²) in [7, 11) is 1.69. The molecule has 32 heavy (non-hydrogen) atoms. The number of nitrogens with zero attached hydrogens (tertiary/aromatic N) is 1. The van der Waals surface area contributed by atoms with Crippen LogP contribution < -0.4 is 5.32 Å². The fourth-order valence-corrected chi connectivity index (χ4v) is 4.35. The van der Waals surface area contributed by atoms with E-state index in [0.29, 0.717) is 12.5 Å². The molecule has 1 unspecified atom stereocenters. The Morgan fingerprint density at radius 1 is 1.06 bits per heavy atom. The van der Waals surface area contributed by atoms with E-state index in [1.54, 1.807) is 11.9 Å². The van der Waals surface area contributed by atoms with E-state index in [9.17, 15) is 14.4 Å². The van der Waals surface area contributed by atoms with Crippen LogP contribution in [0.5, 0.6) is 0 Å². The first-order valence-electron chi connectivity index (χ1n) is 11.0. The van der Waals surface area contributed by atoms with Crippen molar-refractivity contribution in [2.45, 2.75) is 37.6 Å². The lowest BCUT2D eigenvalue weighted by Crippen LogP contribution is -2.48. The highest BCUT2D eigenvalue weighted by Gasteiger charge is 2.32. The minimum Gasteiger partial charge on any atom is -0.481 e. The molecule has 0 aromatic heterocycles. The molecule has 2 N–H and O–H groups in total. The van der Waals surface area contributed by atoms with Gasteiger partial charge in [0.15, 0.2) is 0 Å². The maximum absolute atomic E-state index is 12.8. The van der Waals surface area contributed by atoms with Crippen LogP contribution in [0.2, 0.25) is 0 Å². The Morgan fingerprint density at radius 3 is 2.22 bits per heavy atom. The Kier molecular flexibility index (Phi) is 6.44. The van der Waals surface area contributed by atoms with Gasteiger partial charge >= 0.3 is 12.1 Å². The number of nitrogens with one attached hydrogen (secondary N) is 1. The molecule has 2 amide bonds. The van der Waals surface area contributed by atoms with Crippen LogP contribution in [0.1, 0.15) is 42.7 Å². The molecule has 4 rings (SSSR count). The zero-order valence-electron chi connectivity index (χ0n) is 18.1. The Hall–Kier alpha value is -3.35. The number of carboxylic acid groups (broad SMARTS) is 1. The van der Waals surface area contributed by atoms with E-state index >= 15 is 0 Å². The molecule has 2 aromatic carbocycles. The lowest BCUT2D eigenvalue weighted by Gasteiger charge is -2.24. The fourth-order valence-electron chi connectivity index (χ4n) is 4.35. The number of carbonyl (C=O) groups excluding carboxylic acids is 2. The molecule has 2 aliphatic carbocycles. The summed E-state index contributed by atoms with van der Waals surface area (Å²) < 4.78 is 5.53. The topological polar surface area (TPSA) is 95.9 Å². The second-order valence-corrected chi connectivity index (χ2v) is 8.62. The molecule has 0 saturated heterocycles. The predicted molar refractivity (Wildman–Crippen MR) is 119 cm³/mol. The van der Waals surface area contributed by atoms with E-state index in [-0.39, 0.29) is 31.3 Å². The number of amides is 2. The van der Waals surface area contributed by atoms with Crippen LogP contribution in [0, 0.1) is 5.92 Å². The van der Waals surface area contributed by atoms with Crippen molar-refractivity contribution in [3.05, 3.63) is 59.7 Å². The molecule has 7 heteroatoms. The number of likely N-dealkylation sites (N-methyl/N-ethyl adjacent to an activating group) is 1. The van der Waals surface area contributed by atoms with Crippen LogP contribution in [0.25, 0.3) is 11.1 Å². The van der Waals surface area contributed by atoms with E-state index in [1.807, 2.05) is 36.4 Å². The van der Waals surface area contributed by atoms with Crippen LogP contribution in [0.15, 0.2) is 48.5 Å². The summed E-state index contributed by atoms with van der Waals surface area (Å²) in [6.45, 7) is 0.756. The third-order valence-electron chi connectivity index (χ3n) is 6.19. The van der Waals surface area contributed by atoms with Gasteiger partial charge in [-0.1, -0.05) is 48.5 Å². The van der Waals surface area contributed by atoms with Gasteiger partial charge in [0.2, 0.25) is 5.91 Å². The monoisotopic (exact) mass is 436 g/mol. The van der Waals surface area contributed by atoms with Crippen molar-refractivity contribution in [1.82, 2.24) is 10.2 Å². The highest BCUT2D eigenvalue weighted by Crippen LogP contribution is 2.44. The standard InChI is InChI=1S/C25H28N2O5/c1-27(14-16-10-11-16)24(30)22(12-13-23(28)29)26-25(31)32-15-21-19-8-4-2-6-17(19)18-7-3-5-9-20(18)21/h2-9,16,21-22H,10-15H2,1H3,(H,26,31)(H,28,29). The van der Waals surface area contributed by atoms with Crippen molar-refractivity contribution in [2.24, 2.45) is 5.92 Å². The van der Waals surface area contributed by atoms with Crippen LogP contribution in [0.4, 0.5) is 4.79 Å². The average Bonchev–Trinajstić information content (AvgIpc) is 3.55. The summed E-state index contributed by atoms with van der Waals surface area (Å²) in [5.74, 6) is -0.883. The average molecular weight is 437 g/mol. The quantitative estimate of drug-likeness (QED) is 0.626. The summed E-state index contributed by atoms with van der Waals surface area (Å²) in [6, 6.07) is 15.2. The van der Waals surface area contributed by atoms with Gasteiger partial charge in [-0.15, -0.1) is 0 Å². The minimum atomic E-state index is -1.01. The molecule has 0 bridgehead atoms. The number of hydrogen-bond donors (Lipinski definition) is 2. The number of ether oxygens (including phenoxy) is 1. The van der Waals surface area contributed by atoms with Crippen molar-refractivity contribution < 1.29 is 24.2 Å². The first-order valence-corrected chi connectivity index (χ1v) is 11.0. The molecule has 1 saturated carbocycles. The Balaban J connectivity index is 1.40. The number of aliphatic carboxylic acids is 1. The molecule has 0 radical (unpaired) electrons. The van der Waals surface area contributed by atoms with Crippen molar-refractivity contribution in [2.75, 3.05) is 20.2 Å². The first-order chi connectivity index (χ1) is 15.4. The zero-order valence-corrected chi connectivity index (χ0v) is 18.1. The number of fused-ring (bicyclic) bond motifs is 3. The van der Waals surface area contributed by atoms with Gasteiger partial charge in [0, 0.05) is 25.9 Å². The van der Waals surface area contributed by atoms with Crippen LogP contribution >= 0.6 is 0 Å².